The molecule has 0 saturated carbocycles. The number of carboxylic acid groups (broad SMARTS) is 1. The summed E-state index contributed by atoms with van der Waals surface area (Å²) in [6, 6.07) is -0.247. The van der Waals surface area contributed by atoms with Gasteiger partial charge >= 0.3 is 12.0 Å². The highest BCUT2D eigenvalue weighted by Gasteiger charge is 2.29. The molecule has 0 aromatic carbocycles. The van der Waals surface area contributed by atoms with E-state index in [0.29, 0.717) is 19.4 Å². The maximum absolute atomic E-state index is 11.8. The number of hydrogen-bond donors (Lipinski definition) is 3. The lowest BCUT2D eigenvalue weighted by Gasteiger charge is -2.34. The Morgan fingerprint density at radius 3 is 2.79 bits per heavy atom. The van der Waals surface area contributed by atoms with Crippen LogP contribution in [0.4, 0.5) is 4.79 Å². The maximum atomic E-state index is 11.8. The molecule has 0 bridgehead atoms. The standard InChI is InChI=1S/C13H24N2O4/c1-10(5-3-6-11(16)17)14-12(18)15-13(2)7-4-8-19-9-13/h10H,3-9H2,1-2H3,(H,16,17)(H2,14,15,18). The van der Waals surface area contributed by atoms with Gasteiger partial charge in [0.2, 0.25) is 0 Å². The number of rotatable bonds is 6. The van der Waals surface area contributed by atoms with Crippen molar-refractivity contribution in [3.05, 3.63) is 0 Å². The second-order valence-corrected chi connectivity index (χ2v) is 5.50. The van der Waals surface area contributed by atoms with Gasteiger partial charge in [-0.05, 0) is 39.5 Å². The topological polar surface area (TPSA) is 87.7 Å². The normalized spacial score (nSPS) is 24.5. The highest BCUT2D eigenvalue weighted by molar-refractivity contribution is 5.75. The summed E-state index contributed by atoms with van der Waals surface area (Å²) in [7, 11) is 0. The predicted octanol–water partition coefficient (Wildman–Crippen LogP) is 1.50. The predicted molar refractivity (Wildman–Crippen MR) is 71.1 cm³/mol. The Hall–Kier alpha value is -1.30. The average molecular weight is 272 g/mol. The van der Waals surface area contributed by atoms with E-state index >= 15 is 0 Å². The van der Waals surface area contributed by atoms with Gasteiger partial charge in [0, 0.05) is 19.1 Å². The summed E-state index contributed by atoms with van der Waals surface area (Å²) in [6.45, 7) is 5.14. The highest BCUT2D eigenvalue weighted by atomic mass is 16.5. The third-order valence-corrected chi connectivity index (χ3v) is 3.26. The van der Waals surface area contributed by atoms with Gasteiger partial charge in [-0.1, -0.05) is 0 Å². The van der Waals surface area contributed by atoms with E-state index in [0.717, 1.165) is 19.4 Å². The number of carboxylic acids is 1. The molecule has 1 aliphatic heterocycles. The Morgan fingerprint density at radius 1 is 1.47 bits per heavy atom. The van der Waals surface area contributed by atoms with E-state index in [1.807, 2.05) is 13.8 Å². The van der Waals surface area contributed by atoms with Crippen molar-refractivity contribution in [3.63, 3.8) is 0 Å². The minimum Gasteiger partial charge on any atom is -0.481 e. The summed E-state index contributed by atoms with van der Waals surface area (Å²) < 4.78 is 5.37. The van der Waals surface area contributed by atoms with E-state index in [9.17, 15) is 9.59 Å². The molecule has 1 aliphatic rings. The van der Waals surface area contributed by atoms with Crippen LogP contribution in [0.2, 0.25) is 0 Å². The van der Waals surface area contributed by atoms with Crippen LogP contribution in [0.5, 0.6) is 0 Å². The summed E-state index contributed by atoms with van der Waals surface area (Å²) in [4.78, 5) is 22.2. The Balaban J connectivity index is 2.24. The minimum absolute atomic E-state index is 0.0348. The number of ether oxygens (including phenoxy) is 1. The monoisotopic (exact) mass is 272 g/mol. The van der Waals surface area contributed by atoms with Crippen LogP contribution < -0.4 is 10.6 Å². The van der Waals surface area contributed by atoms with Gasteiger partial charge in [-0.25, -0.2) is 4.79 Å². The Bertz CT molecular complexity index is 314. The Morgan fingerprint density at radius 2 is 2.21 bits per heavy atom. The number of carbonyl (C=O) groups excluding carboxylic acids is 1. The van der Waals surface area contributed by atoms with Crippen LogP contribution in [0.1, 0.15) is 46.0 Å². The van der Waals surface area contributed by atoms with Gasteiger partial charge in [-0.2, -0.15) is 0 Å². The van der Waals surface area contributed by atoms with Gasteiger partial charge in [0.15, 0.2) is 0 Å². The fourth-order valence-electron chi connectivity index (χ4n) is 2.20. The van der Waals surface area contributed by atoms with E-state index in [4.69, 9.17) is 9.84 Å². The van der Waals surface area contributed by atoms with Crippen molar-refractivity contribution in [1.29, 1.82) is 0 Å². The largest absolute Gasteiger partial charge is 0.481 e. The molecule has 2 unspecified atom stereocenters. The zero-order valence-electron chi connectivity index (χ0n) is 11.7. The summed E-state index contributed by atoms with van der Waals surface area (Å²) in [5.41, 5.74) is -0.302. The molecule has 110 valence electrons. The molecule has 1 saturated heterocycles. The van der Waals surface area contributed by atoms with Crippen LogP contribution in [-0.2, 0) is 9.53 Å². The first kappa shape index (κ1) is 15.8. The van der Waals surface area contributed by atoms with Gasteiger partial charge in [0.05, 0.1) is 12.1 Å². The van der Waals surface area contributed by atoms with Crippen LogP contribution in [0.3, 0.4) is 0 Å². The zero-order valence-corrected chi connectivity index (χ0v) is 11.7. The number of carbonyl (C=O) groups is 2. The van der Waals surface area contributed by atoms with Crippen molar-refractivity contribution in [2.45, 2.75) is 57.5 Å². The molecule has 0 spiro atoms. The molecule has 2 amide bonds. The van der Waals surface area contributed by atoms with E-state index in [2.05, 4.69) is 10.6 Å². The second-order valence-electron chi connectivity index (χ2n) is 5.50. The van der Waals surface area contributed by atoms with Gasteiger partial charge in [-0.3, -0.25) is 4.79 Å². The first-order valence-corrected chi connectivity index (χ1v) is 6.79. The van der Waals surface area contributed by atoms with E-state index in [-0.39, 0.29) is 24.0 Å². The van der Waals surface area contributed by atoms with Crippen molar-refractivity contribution in [3.8, 4) is 0 Å². The molecule has 1 fully saturated rings. The first-order valence-electron chi connectivity index (χ1n) is 6.79. The Kier molecular flexibility index (Phi) is 6.08. The number of urea groups is 1. The van der Waals surface area contributed by atoms with E-state index in [1.54, 1.807) is 0 Å². The zero-order chi connectivity index (χ0) is 14.3. The molecular weight excluding hydrogens is 248 g/mol. The van der Waals surface area contributed by atoms with Crippen molar-refractivity contribution < 1.29 is 19.4 Å². The fourth-order valence-corrected chi connectivity index (χ4v) is 2.20. The smallest absolute Gasteiger partial charge is 0.315 e. The van der Waals surface area contributed by atoms with Crippen molar-refractivity contribution in [1.82, 2.24) is 10.6 Å². The summed E-state index contributed by atoms with van der Waals surface area (Å²) in [5, 5.41) is 14.3. The average Bonchev–Trinajstić information content (AvgIpc) is 2.28. The lowest BCUT2D eigenvalue weighted by atomic mass is 9.95. The molecule has 19 heavy (non-hydrogen) atoms. The van der Waals surface area contributed by atoms with Crippen LogP contribution in [-0.4, -0.2) is 41.9 Å². The van der Waals surface area contributed by atoms with E-state index < -0.39 is 5.97 Å². The molecule has 6 nitrogen and oxygen atoms in total. The molecule has 0 aromatic rings. The molecule has 3 N–H and O–H groups in total. The van der Waals surface area contributed by atoms with Gasteiger partial charge in [-0.15, -0.1) is 0 Å². The molecular formula is C13H24N2O4. The number of nitrogens with one attached hydrogen (secondary N) is 2. The van der Waals surface area contributed by atoms with Crippen LogP contribution >= 0.6 is 0 Å². The molecule has 0 radical (unpaired) electrons. The van der Waals surface area contributed by atoms with Crippen LogP contribution in [0.15, 0.2) is 0 Å². The van der Waals surface area contributed by atoms with Crippen molar-refractivity contribution in [2.24, 2.45) is 0 Å². The van der Waals surface area contributed by atoms with E-state index in [1.165, 1.54) is 0 Å². The number of hydrogen-bond acceptors (Lipinski definition) is 3. The molecule has 0 aliphatic carbocycles. The van der Waals surface area contributed by atoms with Gasteiger partial charge in [0.25, 0.3) is 0 Å². The summed E-state index contributed by atoms with van der Waals surface area (Å²) in [6.07, 6.45) is 3.22. The molecule has 1 rings (SSSR count). The molecule has 6 heteroatoms. The summed E-state index contributed by atoms with van der Waals surface area (Å²) in [5.74, 6) is -0.802. The second kappa shape index (κ2) is 7.33. The third-order valence-electron chi connectivity index (χ3n) is 3.26. The van der Waals surface area contributed by atoms with Crippen LogP contribution in [0.25, 0.3) is 0 Å². The van der Waals surface area contributed by atoms with Crippen LogP contribution in [0, 0.1) is 0 Å². The molecule has 2 atom stereocenters. The lowest BCUT2D eigenvalue weighted by Crippen LogP contribution is -2.55. The quantitative estimate of drug-likeness (QED) is 0.683. The molecule has 1 heterocycles. The lowest BCUT2D eigenvalue weighted by molar-refractivity contribution is -0.137. The minimum atomic E-state index is -0.802. The SMILES string of the molecule is CC(CCCC(=O)O)NC(=O)NC1(C)CCCOC1. The number of aliphatic carboxylic acids is 1. The first-order chi connectivity index (χ1) is 8.91. The van der Waals surface area contributed by atoms with Crippen molar-refractivity contribution in [2.75, 3.05) is 13.2 Å². The Labute approximate surface area is 113 Å². The van der Waals surface area contributed by atoms with Gasteiger partial charge < -0.3 is 20.5 Å². The summed E-state index contributed by atoms with van der Waals surface area (Å²) >= 11 is 0. The number of amides is 2. The highest BCUT2D eigenvalue weighted by Crippen LogP contribution is 2.18. The van der Waals surface area contributed by atoms with Crippen molar-refractivity contribution >= 4 is 12.0 Å². The van der Waals surface area contributed by atoms with Gasteiger partial charge in [0.1, 0.15) is 0 Å². The third kappa shape index (κ3) is 6.42. The molecule has 0 aromatic heterocycles. The maximum Gasteiger partial charge on any atom is 0.315 e. The fraction of sp³-hybridized carbons (Fsp3) is 0.846.